The van der Waals surface area contributed by atoms with Crippen LogP contribution >= 0.6 is 47.0 Å². The second-order valence-electron chi connectivity index (χ2n) is 12.5. The average molecular weight is 685 g/mol. The number of thioether (sulfide) groups is 4. The van der Waals surface area contributed by atoms with E-state index in [0.717, 1.165) is 21.5 Å². The van der Waals surface area contributed by atoms with Gasteiger partial charge in [0.1, 0.15) is 0 Å². The molecule has 10 aromatic rings. The van der Waals surface area contributed by atoms with Gasteiger partial charge in [-0.05, 0) is 195 Å². The van der Waals surface area contributed by atoms with Crippen molar-refractivity contribution in [3.05, 3.63) is 83.9 Å². The van der Waals surface area contributed by atoms with Gasteiger partial charge in [0.2, 0.25) is 0 Å². The van der Waals surface area contributed by atoms with E-state index >= 15 is 0 Å². The van der Waals surface area contributed by atoms with E-state index in [1.807, 2.05) is 0 Å². The number of nitriles is 2. The fourth-order valence-corrected chi connectivity index (χ4v) is 10.5. The predicted molar refractivity (Wildman–Crippen MR) is 214 cm³/mol. The minimum absolute atomic E-state index is 0.666. The smallest absolute Gasteiger partial charge is 0.0992 e. The Hall–Kier alpha value is -4.30. The first-order valence-electron chi connectivity index (χ1n) is 15.6. The molecule has 10 aromatic carbocycles. The van der Waals surface area contributed by atoms with Gasteiger partial charge in [-0.2, -0.15) is 10.5 Å². The maximum Gasteiger partial charge on any atom is 0.0992 e. The Balaban J connectivity index is 1.62. The zero-order valence-electron chi connectivity index (χ0n) is 26.5. The first-order chi connectivity index (χ1) is 23.5. The molecule has 0 bridgehead atoms. The largest absolute Gasteiger partial charge is 0.192 e. The Morgan fingerprint density at radius 3 is 0.771 bits per heavy atom. The average Bonchev–Trinajstić information content (AvgIpc) is 3.64. The number of fused-ring (bicyclic) bond motifs is 10. The highest BCUT2D eigenvalue weighted by molar-refractivity contribution is 7.99. The molecule has 0 aliphatic heterocycles. The molecule has 0 fully saturated rings. The SMILES string of the molecule is CSc1cc2cc(SC)cc3c2c(c1)c1c2cc(C#N)cc4c5c6cc(SC)cc7cc(SC)cc(c76)c5c5cc(C#N)cc(c31)c5c24. The first-order valence-corrected chi connectivity index (χ1v) is 20.5. The topological polar surface area (TPSA) is 47.6 Å². The highest BCUT2D eigenvalue weighted by Crippen LogP contribution is 2.55. The Labute approximate surface area is 293 Å². The van der Waals surface area contributed by atoms with Crippen molar-refractivity contribution in [3.63, 3.8) is 0 Å². The Bertz CT molecular complexity index is 2740. The molecule has 0 aliphatic rings. The molecule has 6 heteroatoms. The van der Waals surface area contributed by atoms with Gasteiger partial charge in [-0.1, -0.05) is 0 Å². The van der Waals surface area contributed by atoms with Gasteiger partial charge in [-0.25, -0.2) is 0 Å². The van der Waals surface area contributed by atoms with E-state index in [2.05, 4.69) is 110 Å². The Kier molecular flexibility index (Phi) is 6.04. The quantitative estimate of drug-likeness (QED) is 0.136. The molecule has 0 amide bonds. The molecule has 0 N–H and O–H groups in total. The van der Waals surface area contributed by atoms with E-state index < -0.39 is 0 Å². The molecule has 0 heterocycles. The van der Waals surface area contributed by atoms with Crippen LogP contribution < -0.4 is 0 Å². The minimum atomic E-state index is 0.666. The van der Waals surface area contributed by atoms with Crippen molar-refractivity contribution in [3.8, 4) is 12.1 Å². The van der Waals surface area contributed by atoms with Gasteiger partial charge >= 0.3 is 0 Å². The summed E-state index contributed by atoms with van der Waals surface area (Å²) in [6.07, 6.45) is 8.54. The monoisotopic (exact) mass is 684 g/mol. The summed E-state index contributed by atoms with van der Waals surface area (Å²) in [7, 11) is 0. The molecular formula is C42H24N2S4. The third kappa shape index (κ3) is 3.54. The van der Waals surface area contributed by atoms with Crippen molar-refractivity contribution >= 4 is 144 Å². The number of nitrogens with zero attached hydrogens (tertiary/aromatic N) is 2. The van der Waals surface area contributed by atoms with Crippen LogP contribution in [0.1, 0.15) is 11.1 Å². The second kappa shape index (κ2) is 10.1. The minimum Gasteiger partial charge on any atom is -0.192 e. The first kappa shape index (κ1) is 28.7. The summed E-state index contributed by atoms with van der Waals surface area (Å²) in [5, 5.41) is 42.5. The standard InChI is InChI=1S/C42H24N2S4/c1-45-23-9-21-10-24(46-2)14-32-35(21)31(13-23)39-27-5-19(17-43)7-29-37(27)38-28(40(32)39)6-20(18-44)8-30(38)42-34-16-26(48-4)12-22-11-25(47-3)15-33(36(22)34)41(29)42/h5-16H,1-4H3. The van der Waals surface area contributed by atoms with E-state index in [0.29, 0.717) is 11.1 Å². The molecular weight excluding hydrogens is 661 g/mol. The zero-order valence-corrected chi connectivity index (χ0v) is 29.7. The molecule has 0 atom stereocenters. The van der Waals surface area contributed by atoms with Gasteiger partial charge < -0.3 is 0 Å². The molecule has 0 saturated heterocycles. The van der Waals surface area contributed by atoms with E-state index in [4.69, 9.17) is 0 Å². The number of benzene rings is 8. The van der Waals surface area contributed by atoms with Crippen molar-refractivity contribution in [1.82, 2.24) is 0 Å². The van der Waals surface area contributed by atoms with Crippen LogP contribution in [0.5, 0.6) is 0 Å². The Morgan fingerprint density at radius 2 is 0.562 bits per heavy atom. The van der Waals surface area contributed by atoms with Crippen LogP contribution in [-0.4, -0.2) is 25.0 Å². The Morgan fingerprint density at radius 1 is 0.333 bits per heavy atom. The number of hydrogen-bond acceptors (Lipinski definition) is 6. The lowest BCUT2D eigenvalue weighted by Crippen LogP contribution is -1.90. The van der Waals surface area contributed by atoms with Gasteiger partial charge in [0.25, 0.3) is 0 Å². The summed E-state index contributed by atoms with van der Waals surface area (Å²) in [5.74, 6) is 0. The van der Waals surface area contributed by atoms with E-state index in [9.17, 15) is 10.5 Å². The van der Waals surface area contributed by atoms with E-state index in [1.54, 1.807) is 47.0 Å². The van der Waals surface area contributed by atoms with E-state index in [-0.39, 0.29) is 0 Å². The van der Waals surface area contributed by atoms with Gasteiger partial charge in [-0.3, -0.25) is 0 Å². The molecule has 0 saturated carbocycles. The van der Waals surface area contributed by atoms with Gasteiger partial charge in [0.05, 0.1) is 23.3 Å². The third-order valence-corrected chi connectivity index (χ3v) is 13.2. The van der Waals surface area contributed by atoms with Crippen molar-refractivity contribution in [1.29, 1.82) is 10.5 Å². The van der Waals surface area contributed by atoms with Crippen LogP contribution in [0.2, 0.25) is 0 Å². The maximum atomic E-state index is 10.5. The van der Waals surface area contributed by atoms with Gasteiger partial charge in [0.15, 0.2) is 0 Å². The summed E-state index contributed by atoms with van der Waals surface area (Å²) in [5.41, 5.74) is 1.33. The van der Waals surface area contributed by atoms with Crippen molar-refractivity contribution < 1.29 is 0 Å². The molecule has 0 aromatic heterocycles. The van der Waals surface area contributed by atoms with Crippen LogP contribution in [0.4, 0.5) is 0 Å². The number of rotatable bonds is 4. The van der Waals surface area contributed by atoms with Crippen molar-refractivity contribution in [2.75, 3.05) is 25.0 Å². The lowest BCUT2D eigenvalue weighted by atomic mass is 9.85. The third-order valence-electron chi connectivity index (χ3n) is 10.4. The maximum absolute atomic E-state index is 10.5. The summed E-state index contributed by atoms with van der Waals surface area (Å²) in [6, 6.07) is 32.1. The van der Waals surface area contributed by atoms with Crippen LogP contribution in [0, 0.1) is 22.7 Å². The highest BCUT2D eigenvalue weighted by Gasteiger charge is 2.27. The summed E-state index contributed by atoms with van der Waals surface area (Å²) < 4.78 is 0. The van der Waals surface area contributed by atoms with Crippen LogP contribution in [0.15, 0.2) is 92.4 Å². The fraction of sp³-hybridized carbons (Fsp3) is 0.0952. The molecule has 0 spiro atoms. The highest BCUT2D eigenvalue weighted by atomic mass is 32.2. The lowest BCUT2D eigenvalue weighted by Gasteiger charge is -2.17. The molecule has 0 aliphatic carbocycles. The van der Waals surface area contributed by atoms with Gasteiger partial charge in [-0.15, -0.1) is 47.0 Å². The van der Waals surface area contributed by atoms with Crippen molar-refractivity contribution in [2.45, 2.75) is 19.6 Å². The van der Waals surface area contributed by atoms with Crippen LogP contribution in [0.25, 0.3) is 97.0 Å². The molecule has 0 unspecified atom stereocenters. The van der Waals surface area contributed by atoms with Crippen LogP contribution in [0.3, 0.4) is 0 Å². The predicted octanol–water partition coefficient (Wildman–Crippen LogP) is 13.0. The van der Waals surface area contributed by atoms with Crippen LogP contribution in [-0.2, 0) is 0 Å². The molecule has 226 valence electrons. The fourth-order valence-electron chi connectivity index (χ4n) is 8.58. The zero-order chi connectivity index (χ0) is 32.6. The lowest BCUT2D eigenvalue weighted by molar-refractivity contribution is 1.50. The second-order valence-corrected chi connectivity index (χ2v) is 16.0. The number of hydrogen-bond donors (Lipinski definition) is 0. The summed E-state index contributed by atoms with van der Waals surface area (Å²) in [4.78, 5) is 4.87. The molecule has 0 radical (unpaired) electrons. The molecule has 10 rings (SSSR count). The van der Waals surface area contributed by atoms with Crippen molar-refractivity contribution in [2.24, 2.45) is 0 Å². The summed E-state index contributed by atoms with van der Waals surface area (Å²) >= 11 is 7.04. The van der Waals surface area contributed by atoms with E-state index in [1.165, 1.54) is 95.0 Å². The normalized spacial score (nSPS) is 12.5. The van der Waals surface area contributed by atoms with Gasteiger partial charge in [0, 0.05) is 19.6 Å². The molecule has 48 heavy (non-hydrogen) atoms. The summed E-state index contributed by atoms with van der Waals surface area (Å²) in [6.45, 7) is 0. The molecule has 2 nitrogen and oxygen atoms in total.